The van der Waals surface area contributed by atoms with Crippen molar-refractivity contribution in [3.8, 4) is 11.5 Å². The Bertz CT molecular complexity index is 923. The molecule has 0 aliphatic heterocycles. The number of rotatable bonds is 7. The smallest absolute Gasteiger partial charge is 0.259 e. The Labute approximate surface area is 152 Å². The van der Waals surface area contributed by atoms with E-state index in [2.05, 4.69) is 10.0 Å². The summed E-state index contributed by atoms with van der Waals surface area (Å²) in [4.78, 5) is 12.7. The average molecular weight is 376 g/mol. The highest BCUT2D eigenvalue weighted by Gasteiger charge is 2.28. The summed E-state index contributed by atoms with van der Waals surface area (Å²) in [5, 5.41) is 2.70. The Kier molecular flexibility index (Phi) is 5.15. The van der Waals surface area contributed by atoms with Crippen molar-refractivity contribution in [3.63, 3.8) is 0 Å². The second kappa shape index (κ2) is 7.35. The third kappa shape index (κ3) is 4.14. The first-order chi connectivity index (χ1) is 12.4. The zero-order chi connectivity index (χ0) is 18.7. The topological polar surface area (TPSA) is 93.7 Å². The molecule has 0 unspecified atom stereocenters. The van der Waals surface area contributed by atoms with Crippen LogP contribution in [0.1, 0.15) is 23.2 Å². The second-order valence-corrected chi connectivity index (χ2v) is 7.66. The summed E-state index contributed by atoms with van der Waals surface area (Å²) in [7, 11) is -0.600. The highest BCUT2D eigenvalue weighted by Crippen LogP contribution is 2.26. The van der Waals surface area contributed by atoms with Crippen LogP contribution in [0.4, 0.5) is 5.69 Å². The van der Waals surface area contributed by atoms with E-state index in [1.165, 1.54) is 26.4 Å². The van der Waals surface area contributed by atoms with E-state index in [1.807, 2.05) is 0 Å². The molecule has 0 saturated heterocycles. The number of sulfonamides is 1. The third-order valence-electron chi connectivity index (χ3n) is 3.95. The Balaban J connectivity index is 1.81. The van der Waals surface area contributed by atoms with Gasteiger partial charge < -0.3 is 14.8 Å². The highest BCUT2D eigenvalue weighted by molar-refractivity contribution is 7.89. The lowest BCUT2D eigenvalue weighted by atomic mass is 10.1. The number of amides is 1. The predicted molar refractivity (Wildman–Crippen MR) is 97.3 cm³/mol. The van der Waals surface area contributed by atoms with Gasteiger partial charge in [-0.3, -0.25) is 4.79 Å². The van der Waals surface area contributed by atoms with Crippen molar-refractivity contribution in [2.24, 2.45) is 0 Å². The number of nitrogens with one attached hydrogen (secondary N) is 2. The minimum atomic E-state index is -3.58. The van der Waals surface area contributed by atoms with Crippen molar-refractivity contribution < 1.29 is 22.7 Å². The molecule has 8 heteroatoms. The fourth-order valence-corrected chi connectivity index (χ4v) is 3.76. The van der Waals surface area contributed by atoms with Gasteiger partial charge in [-0.1, -0.05) is 6.07 Å². The third-order valence-corrected chi connectivity index (χ3v) is 5.47. The SMILES string of the molecule is COc1ccc(C(=O)Nc2cccc(S(=O)(=O)NC3CC3)c2)c(OC)c1. The van der Waals surface area contributed by atoms with E-state index in [4.69, 9.17) is 9.47 Å². The van der Waals surface area contributed by atoms with Gasteiger partial charge in [0.2, 0.25) is 10.0 Å². The van der Waals surface area contributed by atoms with Crippen molar-refractivity contribution in [3.05, 3.63) is 48.0 Å². The second-order valence-electron chi connectivity index (χ2n) is 5.94. The largest absolute Gasteiger partial charge is 0.497 e. The summed E-state index contributed by atoms with van der Waals surface area (Å²) in [6.45, 7) is 0. The van der Waals surface area contributed by atoms with Gasteiger partial charge in [-0.25, -0.2) is 13.1 Å². The van der Waals surface area contributed by atoms with Crippen LogP contribution >= 0.6 is 0 Å². The summed E-state index contributed by atoms with van der Waals surface area (Å²) in [6.07, 6.45) is 1.71. The van der Waals surface area contributed by atoms with E-state index in [0.717, 1.165) is 12.8 Å². The summed E-state index contributed by atoms with van der Waals surface area (Å²) >= 11 is 0. The Hall–Kier alpha value is -2.58. The number of benzene rings is 2. The monoisotopic (exact) mass is 376 g/mol. The predicted octanol–water partition coefficient (Wildman–Crippen LogP) is 2.40. The minimum absolute atomic E-state index is 0.0156. The van der Waals surface area contributed by atoms with E-state index in [1.54, 1.807) is 30.3 Å². The molecule has 2 aromatic rings. The first-order valence-electron chi connectivity index (χ1n) is 8.09. The molecule has 1 fully saturated rings. The molecule has 1 saturated carbocycles. The number of carbonyl (C=O) groups excluding carboxylic acids is 1. The summed E-state index contributed by atoms with van der Waals surface area (Å²) in [5.74, 6) is 0.521. The number of methoxy groups -OCH3 is 2. The van der Waals surface area contributed by atoms with Crippen molar-refractivity contribution in [1.29, 1.82) is 0 Å². The zero-order valence-electron chi connectivity index (χ0n) is 14.5. The number of anilines is 1. The summed E-state index contributed by atoms with van der Waals surface area (Å²) in [6, 6.07) is 11.0. The molecule has 1 aliphatic carbocycles. The van der Waals surface area contributed by atoms with Crippen LogP contribution in [0.15, 0.2) is 47.4 Å². The number of ether oxygens (including phenoxy) is 2. The molecule has 0 bridgehead atoms. The highest BCUT2D eigenvalue weighted by atomic mass is 32.2. The Morgan fingerprint density at radius 2 is 1.85 bits per heavy atom. The van der Waals surface area contributed by atoms with Crippen molar-refractivity contribution in [1.82, 2.24) is 4.72 Å². The van der Waals surface area contributed by atoms with Crippen molar-refractivity contribution in [2.75, 3.05) is 19.5 Å². The van der Waals surface area contributed by atoms with E-state index < -0.39 is 15.9 Å². The van der Waals surface area contributed by atoms with Gasteiger partial charge in [0.05, 0.1) is 24.7 Å². The standard InChI is InChI=1S/C18H20N2O5S/c1-24-14-8-9-16(17(11-14)25-2)18(21)19-13-4-3-5-15(10-13)26(22,23)20-12-6-7-12/h3-5,8-12,20H,6-7H2,1-2H3,(H,19,21). The van der Waals surface area contributed by atoms with Crippen molar-refractivity contribution in [2.45, 2.75) is 23.8 Å². The number of carbonyl (C=O) groups is 1. The molecule has 0 spiro atoms. The van der Waals surface area contributed by atoms with Gasteiger partial charge in [-0.2, -0.15) is 0 Å². The van der Waals surface area contributed by atoms with Gasteiger partial charge in [0.15, 0.2) is 0 Å². The molecule has 26 heavy (non-hydrogen) atoms. The minimum Gasteiger partial charge on any atom is -0.497 e. The lowest BCUT2D eigenvalue weighted by Gasteiger charge is -2.12. The molecule has 2 aromatic carbocycles. The fourth-order valence-electron chi connectivity index (χ4n) is 2.41. The molecule has 1 aliphatic rings. The van der Waals surface area contributed by atoms with Crippen LogP contribution in [0.25, 0.3) is 0 Å². The van der Waals surface area contributed by atoms with E-state index in [9.17, 15) is 13.2 Å². The molecule has 0 aromatic heterocycles. The molecule has 138 valence electrons. The number of hydrogen-bond donors (Lipinski definition) is 2. The van der Waals surface area contributed by atoms with Gasteiger partial charge in [0, 0.05) is 17.8 Å². The van der Waals surface area contributed by atoms with Crippen LogP contribution in [0.5, 0.6) is 11.5 Å². The maximum atomic E-state index is 12.5. The van der Waals surface area contributed by atoms with E-state index in [-0.39, 0.29) is 10.9 Å². The van der Waals surface area contributed by atoms with Crippen LogP contribution in [0, 0.1) is 0 Å². The maximum Gasteiger partial charge on any atom is 0.259 e. The zero-order valence-corrected chi connectivity index (χ0v) is 15.3. The van der Waals surface area contributed by atoms with Crippen molar-refractivity contribution >= 4 is 21.6 Å². The average Bonchev–Trinajstić information content (AvgIpc) is 3.44. The molecule has 3 rings (SSSR count). The molecular weight excluding hydrogens is 356 g/mol. The van der Waals surface area contributed by atoms with Crippen LogP contribution in [0.3, 0.4) is 0 Å². The summed E-state index contributed by atoms with van der Waals surface area (Å²) in [5.41, 5.74) is 0.698. The molecular formula is C18H20N2O5S. The molecule has 0 radical (unpaired) electrons. The van der Waals surface area contributed by atoms with Crippen LogP contribution in [-0.2, 0) is 10.0 Å². The molecule has 0 heterocycles. The lowest BCUT2D eigenvalue weighted by molar-refractivity contribution is 0.102. The normalized spacial score (nSPS) is 13.9. The van der Waals surface area contributed by atoms with Crippen LogP contribution < -0.4 is 19.5 Å². The molecule has 2 N–H and O–H groups in total. The fraction of sp³-hybridized carbons (Fsp3) is 0.278. The van der Waals surface area contributed by atoms with Gasteiger partial charge in [-0.05, 0) is 43.2 Å². The Morgan fingerprint density at radius 3 is 2.50 bits per heavy atom. The Morgan fingerprint density at radius 1 is 1.08 bits per heavy atom. The molecule has 0 atom stereocenters. The van der Waals surface area contributed by atoms with Gasteiger partial charge in [0.25, 0.3) is 5.91 Å². The quantitative estimate of drug-likeness (QED) is 0.774. The molecule has 1 amide bonds. The van der Waals surface area contributed by atoms with Crippen LogP contribution in [-0.4, -0.2) is 34.6 Å². The number of hydrogen-bond acceptors (Lipinski definition) is 5. The maximum absolute atomic E-state index is 12.5. The molecule has 7 nitrogen and oxygen atoms in total. The van der Waals surface area contributed by atoms with Gasteiger partial charge in [0.1, 0.15) is 11.5 Å². The first kappa shape index (κ1) is 18.2. The van der Waals surface area contributed by atoms with E-state index in [0.29, 0.717) is 22.7 Å². The van der Waals surface area contributed by atoms with E-state index >= 15 is 0 Å². The van der Waals surface area contributed by atoms with Crippen LogP contribution in [0.2, 0.25) is 0 Å². The lowest BCUT2D eigenvalue weighted by Crippen LogP contribution is -2.25. The van der Waals surface area contributed by atoms with Gasteiger partial charge >= 0.3 is 0 Å². The summed E-state index contributed by atoms with van der Waals surface area (Å²) < 4.78 is 37.6. The van der Waals surface area contributed by atoms with Gasteiger partial charge in [-0.15, -0.1) is 0 Å². The first-order valence-corrected chi connectivity index (χ1v) is 9.57.